The van der Waals surface area contributed by atoms with Crippen molar-refractivity contribution >= 4 is 43.7 Å². The molecule has 118 valence electrons. The molecule has 0 aromatic carbocycles. The predicted octanol–water partition coefficient (Wildman–Crippen LogP) is -0.0670. The largest absolute Gasteiger partial charge is 0.465 e. The number of ether oxygens (including phenoxy) is 1. The van der Waals surface area contributed by atoms with Crippen LogP contribution >= 0.6 is 11.3 Å². The molecule has 8 nitrogen and oxygen atoms in total. The Bertz CT molecular complexity index is 651. The molecule has 1 aromatic heterocycles. The zero-order chi connectivity index (χ0) is 16.2. The summed E-state index contributed by atoms with van der Waals surface area (Å²) in [7, 11) is -0.504. The molecule has 0 unspecified atom stereocenters. The summed E-state index contributed by atoms with van der Waals surface area (Å²) in [5, 5.41) is 5.56. The van der Waals surface area contributed by atoms with Crippen LogP contribution in [0.5, 0.6) is 0 Å². The van der Waals surface area contributed by atoms with Crippen molar-refractivity contribution in [2.45, 2.75) is 0 Å². The van der Waals surface area contributed by atoms with E-state index in [-0.39, 0.29) is 28.4 Å². The summed E-state index contributed by atoms with van der Waals surface area (Å²) in [4.78, 5) is 23.5. The molecule has 0 atom stereocenters. The van der Waals surface area contributed by atoms with Crippen LogP contribution in [-0.4, -0.2) is 53.0 Å². The molecule has 0 fully saturated rings. The molecule has 0 saturated heterocycles. The highest BCUT2D eigenvalue weighted by atomic mass is 32.2. The first-order valence-corrected chi connectivity index (χ1v) is 8.73. The van der Waals surface area contributed by atoms with Gasteiger partial charge in [0.25, 0.3) is 5.91 Å². The molecule has 1 rings (SSSR count). The van der Waals surface area contributed by atoms with Gasteiger partial charge in [0.05, 0.1) is 24.1 Å². The fourth-order valence-electron chi connectivity index (χ4n) is 1.51. The number of carbonyl (C=O) groups is 2. The van der Waals surface area contributed by atoms with Gasteiger partial charge in [-0.1, -0.05) is 0 Å². The van der Waals surface area contributed by atoms with Crippen LogP contribution in [0.1, 0.15) is 20.0 Å². The first-order chi connectivity index (χ1) is 9.71. The van der Waals surface area contributed by atoms with Crippen LogP contribution in [0.25, 0.3) is 0 Å². The van der Waals surface area contributed by atoms with E-state index in [0.717, 1.165) is 17.6 Å². The molecule has 21 heavy (non-hydrogen) atoms. The van der Waals surface area contributed by atoms with Crippen molar-refractivity contribution in [3.8, 4) is 0 Å². The SMILES string of the molecule is CNC(=O)c1c(NCCS(C)(=O)=O)sc(C(=O)OC)c1N. The second-order valence-electron chi connectivity index (χ2n) is 4.18. The van der Waals surface area contributed by atoms with Gasteiger partial charge in [-0.3, -0.25) is 4.79 Å². The topological polar surface area (TPSA) is 128 Å². The second kappa shape index (κ2) is 6.76. The molecular formula is C11H17N3O5S2. The fourth-order valence-corrected chi connectivity index (χ4v) is 3.05. The Kier molecular flexibility index (Phi) is 5.55. The van der Waals surface area contributed by atoms with Gasteiger partial charge in [0, 0.05) is 19.8 Å². The van der Waals surface area contributed by atoms with Gasteiger partial charge in [0.15, 0.2) is 0 Å². The van der Waals surface area contributed by atoms with Crippen molar-refractivity contribution < 1.29 is 22.7 Å². The van der Waals surface area contributed by atoms with E-state index in [1.165, 1.54) is 14.2 Å². The highest BCUT2D eigenvalue weighted by Crippen LogP contribution is 2.36. The first-order valence-electron chi connectivity index (χ1n) is 5.85. The zero-order valence-electron chi connectivity index (χ0n) is 11.8. The van der Waals surface area contributed by atoms with Crippen LogP contribution < -0.4 is 16.4 Å². The average Bonchev–Trinajstić information content (AvgIpc) is 2.72. The van der Waals surface area contributed by atoms with E-state index in [1.54, 1.807) is 0 Å². The molecule has 0 saturated carbocycles. The van der Waals surface area contributed by atoms with Crippen molar-refractivity contribution in [1.82, 2.24) is 5.32 Å². The minimum atomic E-state index is -3.14. The number of sulfone groups is 1. The maximum atomic E-state index is 11.8. The molecule has 0 aliphatic rings. The van der Waals surface area contributed by atoms with E-state index in [4.69, 9.17) is 5.73 Å². The molecular weight excluding hydrogens is 318 g/mol. The van der Waals surface area contributed by atoms with Crippen LogP contribution in [0.4, 0.5) is 10.7 Å². The third-order valence-corrected chi connectivity index (χ3v) is 4.62. The van der Waals surface area contributed by atoms with Crippen LogP contribution in [0.3, 0.4) is 0 Å². The van der Waals surface area contributed by atoms with Gasteiger partial charge in [-0.25, -0.2) is 13.2 Å². The molecule has 1 heterocycles. The minimum Gasteiger partial charge on any atom is -0.465 e. The maximum absolute atomic E-state index is 11.8. The van der Waals surface area contributed by atoms with E-state index in [2.05, 4.69) is 15.4 Å². The van der Waals surface area contributed by atoms with Crippen LogP contribution in [0.2, 0.25) is 0 Å². The molecule has 0 bridgehead atoms. The number of methoxy groups -OCH3 is 1. The van der Waals surface area contributed by atoms with Crippen LogP contribution in [0, 0.1) is 0 Å². The predicted molar refractivity (Wildman–Crippen MR) is 81.7 cm³/mol. The number of esters is 1. The Morgan fingerprint density at radius 1 is 1.38 bits per heavy atom. The van der Waals surface area contributed by atoms with Gasteiger partial charge in [-0.05, 0) is 0 Å². The van der Waals surface area contributed by atoms with E-state index in [0.29, 0.717) is 5.00 Å². The number of hydrogen-bond acceptors (Lipinski definition) is 8. The second-order valence-corrected chi connectivity index (χ2v) is 7.46. The van der Waals surface area contributed by atoms with Gasteiger partial charge in [-0.2, -0.15) is 0 Å². The monoisotopic (exact) mass is 335 g/mol. The summed E-state index contributed by atoms with van der Waals surface area (Å²) in [6, 6.07) is 0. The number of nitrogen functional groups attached to an aromatic ring is 1. The summed E-state index contributed by atoms with van der Waals surface area (Å²) in [6.45, 7) is 0.101. The average molecular weight is 335 g/mol. The summed E-state index contributed by atoms with van der Waals surface area (Å²) >= 11 is 0.947. The van der Waals surface area contributed by atoms with E-state index in [9.17, 15) is 18.0 Å². The van der Waals surface area contributed by atoms with E-state index in [1.807, 2.05) is 0 Å². The van der Waals surface area contributed by atoms with Crippen molar-refractivity contribution in [3.63, 3.8) is 0 Å². The van der Waals surface area contributed by atoms with Crippen molar-refractivity contribution in [3.05, 3.63) is 10.4 Å². The summed E-state index contributed by atoms with van der Waals surface area (Å²) in [5.74, 6) is -1.23. The third kappa shape index (κ3) is 4.33. The molecule has 0 aliphatic heterocycles. The standard InChI is InChI=1S/C11H17N3O5S2/c1-13-9(15)6-7(12)8(11(16)19-2)20-10(6)14-4-5-21(3,17)18/h14H,4-5,12H2,1-3H3,(H,13,15). The number of amides is 1. The number of anilines is 2. The minimum absolute atomic E-state index is 0.00746. The Labute approximate surface area is 126 Å². The molecule has 4 N–H and O–H groups in total. The van der Waals surface area contributed by atoms with Crippen LogP contribution in [-0.2, 0) is 14.6 Å². The van der Waals surface area contributed by atoms with E-state index >= 15 is 0 Å². The molecule has 0 spiro atoms. The number of nitrogens with two attached hydrogens (primary N) is 1. The summed E-state index contributed by atoms with van der Waals surface area (Å²) < 4.78 is 26.8. The number of carbonyl (C=O) groups excluding carboxylic acids is 2. The highest BCUT2D eigenvalue weighted by Gasteiger charge is 2.25. The van der Waals surface area contributed by atoms with Gasteiger partial charge in [-0.15, -0.1) is 11.3 Å². The quantitative estimate of drug-likeness (QED) is 0.621. The Morgan fingerprint density at radius 3 is 2.48 bits per heavy atom. The lowest BCUT2D eigenvalue weighted by Gasteiger charge is -2.06. The Hall–Kier alpha value is -1.81. The molecule has 10 heteroatoms. The molecule has 0 radical (unpaired) electrons. The lowest BCUT2D eigenvalue weighted by atomic mass is 10.2. The summed E-state index contributed by atoms with van der Waals surface area (Å²) in [5.41, 5.74) is 5.92. The number of rotatable bonds is 6. The molecule has 1 amide bonds. The maximum Gasteiger partial charge on any atom is 0.350 e. The first kappa shape index (κ1) is 17.2. The van der Waals surface area contributed by atoms with Gasteiger partial charge in [0.1, 0.15) is 19.7 Å². The fraction of sp³-hybridized carbons (Fsp3) is 0.455. The van der Waals surface area contributed by atoms with Gasteiger partial charge >= 0.3 is 5.97 Å². The number of nitrogens with one attached hydrogen (secondary N) is 2. The van der Waals surface area contributed by atoms with E-state index < -0.39 is 21.7 Å². The molecule has 0 aliphatic carbocycles. The van der Waals surface area contributed by atoms with Crippen molar-refractivity contribution in [2.24, 2.45) is 0 Å². The highest BCUT2D eigenvalue weighted by molar-refractivity contribution is 7.90. The third-order valence-electron chi connectivity index (χ3n) is 2.53. The normalized spacial score (nSPS) is 11.0. The number of thiophene rings is 1. The van der Waals surface area contributed by atoms with Crippen molar-refractivity contribution in [2.75, 3.05) is 43.8 Å². The Morgan fingerprint density at radius 2 is 2.00 bits per heavy atom. The molecule has 1 aromatic rings. The van der Waals surface area contributed by atoms with Crippen molar-refractivity contribution in [1.29, 1.82) is 0 Å². The van der Waals surface area contributed by atoms with Gasteiger partial charge in [0.2, 0.25) is 0 Å². The lowest BCUT2D eigenvalue weighted by molar-refractivity contribution is 0.0607. The van der Waals surface area contributed by atoms with Gasteiger partial charge < -0.3 is 21.1 Å². The smallest absolute Gasteiger partial charge is 0.350 e. The van der Waals surface area contributed by atoms with Crippen LogP contribution in [0.15, 0.2) is 0 Å². The lowest BCUT2D eigenvalue weighted by Crippen LogP contribution is -2.21. The summed E-state index contributed by atoms with van der Waals surface area (Å²) in [6.07, 6.45) is 1.11. The number of hydrogen-bond donors (Lipinski definition) is 3. The zero-order valence-corrected chi connectivity index (χ0v) is 13.5. The Balaban J connectivity index is 3.11.